The number of hydrogen-bond donors (Lipinski definition) is 1. The Labute approximate surface area is 115 Å². The molecule has 1 aliphatic heterocycles. The molecule has 1 heterocycles. The molecular formula is C13H16INO2. The van der Waals surface area contributed by atoms with Crippen LogP contribution in [0.3, 0.4) is 0 Å². The maximum absolute atomic E-state index is 12.1. The van der Waals surface area contributed by atoms with Gasteiger partial charge in [-0.05, 0) is 53.1 Å². The number of halogens is 1. The zero-order valence-corrected chi connectivity index (χ0v) is 11.8. The first-order chi connectivity index (χ1) is 8.20. The highest BCUT2D eigenvalue weighted by Crippen LogP contribution is 2.18. The molecule has 1 aromatic carbocycles. The standard InChI is InChI=1S/C13H16INO2/c14-11-4-1-3-10(7-11)8-13(17)15-6-2-5-12(15)9-16/h1,3-4,7,12,16H,2,5-6,8-9H2/t12-/m1/s1. The highest BCUT2D eigenvalue weighted by atomic mass is 127. The Morgan fingerprint density at radius 2 is 2.35 bits per heavy atom. The zero-order valence-electron chi connectivity index (χ0n) is 9.60. The van der Waals surface area contributed by atoms with Crippen LogP contribution in [0.4, 0.5) is 0 Å². The lowest BCUT2D eigenvalue weighted by Gasteiger charge is -2.23. The Balaban J connectivity index is 2.01. The van der Waals surface area contributed by atoms with E-state index in [9.17, 15) is 9.90 Å². The van der Waals surface area contributed by atoms with Crippen LogP contribution in [-0.2, 0) is 11.2 Å². The molecule has 1 saturated heterocycles. The number of benzene rings is 1. The third kappa shape index (κ3) is 3.19. The molecule has 1 amide bonds. The van der Waals surface area contributed by atoms with E-state index in [0.717, 1.165) is 28.5 Å². The highest BCUT2D eigenvalue weighted by molar-refractivity contribution is 14.1. The first kappa shape index (κ1) is 12.8. The molecule has 0 bridgehead atoms. The Morgan fingerprint density at radius 1 is 1.53 bits per heavy atom. The van der Waals surface area contributed by atoms with E-state index in [0.29, 0.717) is 6.42 Å². The van der Waals surface area contributed by atoms with Gasteiger partial charge in [-0.25, -0.2) is 0 Å². The Kier molecular flexibility index (Phi) is 4.39. The lowest BCUT2D eigenvalue weighted by molar-refractivity contribution is -0.131. The molecular weight excluding hydrogens is 329 g/mol. The van der Waals surface area contributed by atoms with E-state index < -0.39 is 0 Å². The predicted octanol–water partition coefficient (Wildman–Crippen LogP) is 1.82. The van der Waals surface area contributed by atoms with Gasteiger partial charge in [0.15, 0.2) is 0 Å². The lowest BCUT2D eigenvalue weighted by Crippen LogP contribution is -2.38. The first-order valence-electron chi connectivity index (χ1n) is 5.85. The first-order valence-corrected chi connectivity index (χ1v) is 6.93. The number of aliphatic hydroxyl groups excluding tert-OH is 1. The van der Waals surface area contributed by atoms with Crippen LogP contribution in [0.2, 0.25) is 0 Å². The number of hydrogen-bond acceptors (Lipinski definition) is 2. The number of carbonyl (C=O) groups excluding carboxylic acids is 1. The van der Waals surface area contributed by atoms with Crippen LogP contribution < -0.4 is 0 Å². The molecule has 0 aliphatic carbocycles. The predicted molar refractivity (Wildman–Crippen MR) is 74.7 cm³/mol. The van der Waals surface area contributed by atoms with Gasteiger partial charge in [-0.2, -0.15) is 0 Å². The number of aliphatic hydroxyl groups is 1. The molecule has 1 aromatic rings. The summed E-state index contributed by atoms with van der Waals surface area (Å²) in [7, 11) is 0. The summed E-state index contributed by atoms with van der Waals surface area (Å²) in [5.74, 6) is 0.128. The molecule has 17 heavy (non-hydrogen) atoms. The van der Waals surface area contributed by atoms with Gasteiger partial charge in [0.1, 0.15) is 0 Å². The van der Waals surface area contributed by atoms with Gasteiger partial charge in [0.2, 0.25) is 5.91 Å². The fraction of sp³-hybridized carbons (Fsp3) is 0.462. The molecule has 0 radical (unpaired) electrons. The van der Waals surface area contributed by atoms with Crippen molar-refractivity contribution in [2.45, 2.75) is 25.3 Å². The third-order valence-corrected chi connectivity index (χ3v) is 3.82. The van der Waals surface area contributed by atoms with E-state index >= 15 is 0 Å². The molecule has 1 N–H and O–H groups in total. The van der Waals surface area contributed by atoms with Crippen LogP contribution in [0.1, 0.15) is 18.4 Å². The quantitative estimate of drug-likeness (QED) is 0.849. The topological polar surface area (TPSA) is 40.5 Å². The van der Waals surface area contributed by atoms with Crippen LogP contribution in [0.15, 0.2) is 24.3 Å². The summed E-state index contributed by atoms with van der Waals surface area (Å²) in [6.07, 6.45) is 2.37. The summed E-state index contributed by atoms with van der Waals surface area (Å²) >= 11 is 2.25. The molecule has 0 unspecified atom stereocenters. The smallest absolute Gasteiger partial charge is 0.227 e. The van der Waals surface area contributed by atoms with Crippen LogP contribution in [0.5, 0.6) is 0 Å². The van der Waals surface area contributed by atoms with Gasteiger partial charge in [-0.3, -0.25) is 4.79 Å². The van der Waals surface area contributed by atoms with E-state index in [4.69, 9.17) is 0 Å². The van der Waals surface area contributed by atoms with Crippen LogP contribution in [0.25, 0.3) is 0 Å². The summed E-state index contributed by atoms with van der Waals surface area (Å²) in [6.45, 7) is 0.867. The second-order valence-corrected chi connectivity index (χ2v) is 5.62. The van der Waals surface area contributed by atoms with E-state index in [2.05, 4.69) is 22.6 Å². The number of nitrogens with zero attached hydrogens (tertiary/aromatic N) is 1. The minimum atomic E-state index is 0.0327. The second kappa shape index (κ2) is 5.82. The van der Waals surface area contributed by atoms with Crippen molar-refractivity contribution in [2.75, 3.05) is 13.2 Å². The maximum atomic E-state index is 12.1. The molecule has 3 nitrogen and oxygen atoms in total. The largest absolute Gasteiger partial charge is 0.394 e. The average Bonchev–Trinajstić information content (AvgIpc) is 2.77. The third-order valence-electron chi connectivity index (χ3n) is 3.15. The Bertz CT molecular complexity index is 408. The van der Waals surface area contributed by atoms with Crippen molar-refractivity contribution in [3.63, 3.8) is 0 Å². The molecule has 1 atom stereocenters. The molecule has 4 heteroatoms. The summed E-state index contributed by atoms with van der Waals surface area (Å²) in [5, 5.41) is 9.20. The van der Waals surface area contributed by atoms with Gasteiger partial charge in [0.05, 0.1) is 19.1 Å². The normalized spacial score (nSPS) is 19.6. The van der Waals surface area contributed by atoms with E-state index in [1.165, 1.54) is 0 Å². The van der Waals surface area contributed by atoms with E-state index in [1.807, 2.05) is 29.2 Å². The van der Waals surface area contributed by atoms with E-state index in [-0.39, 0.29) is 18.6 Å². The zero-order chi connectivity index (χ0) is 12.3. The highest BCUT2D eigenvalue weighted by Gasteiger charge is 2.27. The van der Waals surface area contributed by atoms with Crippen molar-refractivity contribution >= 4 is 28.5 Å². The number of carbonyl (C=O) groups is 1. The van der Waals surface area contributed by atoms with Crippen molar-refractivity contribution in [3.8, 4) is 0 Å². The van der Waals surface area contributed by atoms with Gasteiger partial charge in [0, 0.05) is 10.1 Å². The van der Waals surface area contributed by atoms with Crippen molar-refractivity contribution in [1.82, 2.24) is 4.90 Å². The minimum Gasteiger partial charge on any atom is -0.394 e. The summed E-state index contributed by atoms with van der Waals surface area (Å²) < 4.78 is 1.15. The summed E-state index contributed by atoms with van der Waals surface area (Å²) in [6, 6.07) is 8.02. The lowest BCUT2D eigenvalue weighted by atomic mass is 10.1. The Hall–Kier alpha value is -0.620. The van der Waals surface area contributed by atoms with Gasteiger partial charge in [0.25, 0.3) is 0 Å². The van der Waals surface area contributed by atoms with Crippen LogP contribution >= 0.6 is 22.6 Å². The van der Waals surface area contributed by atoms with Crippen molar-refractivity contribution in [2.24, 2.45) is 0 Å². The van der Waals surface area contributed by atoms with Crippen LogP contribution in [-0.4, -0.2) is 35.1 Å². The fourth-order valence-corrected chi connectivity index (χ4v) is 2.88. The molecule has 0 saturated carbocycles. The minimum absolute atomic E-state index is 0.0327. The van der Waals surface area contributed by atoms with Crippen molar-refractivity contribution in [3.05, 3.63) is 33.4 Å². The van der Waals surface area contributed by atoms with Gasteiger partial charge >= 0.3 is 0 Å². The molecule has 92 valence electrons. The number of amides is 1. The van der Waals surface area contributed by atoms with Crippen molar-refractivity contribution < 1.29 is 9.90 Å². The average molecular weight is 345 g/mol. The Morgan fingerprint density at radius 3 is 3.06 bits per heavy atom. The number of rotatable bonds is 3. The van der Waals surface area contributed by atoms with Gasteiger partial charge in [-0.15, -0.1) is 0 Å². The molecule has 0 aromatic heterocycles. The van der Waals surface area contributed by atoms with Gasteiger partial charge < -0.3 is 10.0 Å². The monoisotopic (exact) mass is 345 g/mol. The summed E-state index contributed by atoms with van der Waals surface area (Å²) in [4.78, 5) is 13.9. The molecule has 1 aliphatic rings. The molecule has 0 spiro atoms. The maximum Gasteiger partial charge on any atom is 0.227 e. The van der Waals surface area contributed by atoms with E-state index in [1.54, 1.807) is 0 Å². The molecule has 1 fully saturated rings. The summed E-state index contributed by atoms with van der Waals surface area (Å²) in [5.41, 5.74) is 1.05. The van der Waals surface area contributed by atoms with Crippen LogP contribution in [0, 0.1) is 3.57 Å². The van der Waals surface area contributed by atoms with Crippen molar-refractivity contribution in [1.29, 1.82) is 0 Å². The number of likely N-dealkylation sites (tertiary alicyclic amines) is 1. The fourth-order valence-electron chi connectivity index (χ4n) is 2.28. The second-order valence-electron chi connectivity index (χ2n) is 4.37. The molecule has 2 rings (SSSR count). The van der Waals surface area contributed by atoms with Gasteiger partial charge in [-0.1, -0.05) is 12.1 Å². The SMILES string of the molecule is O=C(Cc1cccc(I)c1)N1CCC[C@@H]1CO.